The number of benzene rings is 1. The number of phenolic OH excluding ortho intramolecular Hbond substituents is 1. The lowest BCUT2D eigenvalue weighted by atomic mass is 9.63. The predicted molar refractivity (Wildman–Crippen MR) is 98.4 cm³/mol. The molecule has 1 aromatic rings. The average molecular weight is 387 g/mol. The van der Waals surface area contributed by atoms with Crippen molar-refractivity contribution in [3.8, 4) is 11.5 Å². The molecular formula is C20H19ClN2O4. The molecule has 0 spiro atoms. The van der Waals surface area contributed by atoms with Crippen LogP contribution >= 0.6 is 11.6 Å². The maximum absolute atomic E-state index is 12.9. The maximum atomic E-state index is 12.9. The Morgan fingerprint density at radius 2 is 1.85 bits per heavy atom. The van der Waals surface area contributed by atoms with Gasteiger partial charge in [0.15, 0.2) is 11.5 Å². The van der Waals surface area contributed by atoms with Gasteiger partial charge in [0, 0.05) is 0 Å². The summed E-state index contributed by atoms with van der Waals surface area (Å²) in [5.74, 6) is 0.619. The number of hydrazone groups is 1. The molecule has 6 rings (SSSR count). The van der Waals surface area contributed by atoms with E-state index in [-0.39, 0.29) is 52.0 Å². The highest BCUT2D eigenvalue weighted by molar-refractivity contribution is 6.32. The van der Waals surface area contributed by atoms with Crippen LogP contribution in [-0.4, -0.2) is 34.8 Å². The molecule has 1 heterocycles. The van der Waals surface area contributed by atoms with Crippen LogP contribution in [0.5, 0.6) is 11.5 Å². The lowest BCUT2D eigenvalue weighted by Crippen LogP contribution is -2.40. The number of aromatic hydroxyl groups is 1. The maximum Gasteiger partial charge on any atom is 0.254 e. The van der Waals surface area contributed by atoms with Crippen molar-refractivity contribution >= 4 is 29.6 Å². The number of carbonyl (C=O) groups is 2. The molecule has 2 saturated carbocycles. The summed E-state index contributed by atoms with van der Waals surface area (Å²) < 4.78 is 5.35. The van der Waals surface area contributed by atoms with E-state index in [1.807, 2.05) is 0 Å². The van der Waals surface area contributed by atoms with E-state index >= 15 is 0 Å². The molecule has 6 atom stereocenters. The summed E-state index contributed by atoms with van der Waals surface area (Å²) in [6, 6.07) is 3.09. The zero-order valence-corrected chi connectivity index (χ0v) is 15.5. The largest absolute Gasteiger partial charge is 0.503 e. The minimum absolute atomic E-state index is 0.123. The summed E-state index contributed by atoms with van der Waals surface area (Å²) in [4.78, 5) is 25.8. The molecule has 2 amide bonds. The molecule has 2 bridgehead atoms. The fourth-order valence-corrected chi connectivity index (χ4v) is 5.33. The minimum Gasteiger partial charge on any atom is -0.503 e. The molecule has 6 nitrogen and oxygen atoms in total. The van der Waals surface area contributed by atoms with Crippen LogP contribution in [0.3, 0.4) is 0 Å². The molecule has 27 heavy (non-hydrogen) atoms. The number of imide groups is 1. The number of allylic oxidation sites excluding steroid dienone is 2. The van der Waals surface area contributed by atoms with Crippen molar-refractivity contribution in [1.82, 2.24) is 5.01 Å². The van der Waals surface area contributed by atoms with Gasteiger partial charge in [0.05, 0.1) is 29.7 Å². The molecule has 5 aliphatic rings. The van der Waals surface area contributed by atoms with E-state index in [1.165, 1.54) is 12.3 Å². The summed E-state index contributed by atoms with van der Waals surface area (Å²) in [6.45, 7) is 2.17. The molecular weight excluding hydrogens is 368 g/mol. The average Bonchev–Trinajstić information content (AvgIpc) is 3.43. The number of halogens is 1. The number of phenols is 1. The first-order chi connectivity index (χ1) is 13.0. The molecule has 7 heteroatoms. The first-order valence-corrected chi connectivity index (χ1v) is 9.64. The minimum atomic E-state index is -0.268. The fourth-order valence-electron chi connectivity index (χ4n) is 5.11. The van der Waals surface area contributed by atoms with Crippen molar-refractivity contribution in [1.29, 1.82) is 0 Å². The van der Waals surface area contributed by atoms with Gasteiger partial charge in [-0.25, -0.2) is 0 Å². The van der Waals surface area contributed by atoms with Gasteiger partial charge in [-0.05, 0) is 54.7 Å². The molecule has 140 valence electrons. The third-order valence-corrected chi connectivity index (χ3v) is 6.60. The second-order valence-corrected chi connectivity index (χ2v) is 8.08. The third kappa shape index (κ3) is 2.35. The van der Waals surface area contributed by atoms with Gasteiger partial charge in [0.2, 0.25) is 0 Å². The first kappa shape index (κ1) is 16.8. The van der Waals surface area contributed by atoms with E-state index in [4.69, 9.17) is 16.3 Å². The Labute approximate surface area is 161 Å². The summed E-state index contributed by atoms with van der Waals surface area (Å²) in [5.41, 5.74) is 0.542. The van der Waals surface area contributed by atoms with Crippen LogP contribution in [0.4, 0.5) is 0 Å². The number of carbonyl (C=O) groups excluding carboxylic acids is 2. The van der Waals surface area contributed by atoms with Crippen LogP contribution in [-0.2, 0) is 9.59 Å². The van der Waals surface area contributed by atoms with E-state index in [2.05, 4.69) is 17.3 Å². The van der Waals surface area contributed by atoms with Gasteiger partial charge in [-0.2, -0.15) is 10.1 Å². The number of hydrogen-bond donors (Lipinski definition) is 1. The number of nitrogens with zero attached hydrogens (tertiary/aromatic N) is 2. The second-order valence-electron chi connectivity index (χ2n) is 7.67. The summed E-state index contributed by atoms with van der Waals surface area (Å²) in [6.07, 6.45) is 6.81. The Kier molecular flexibility index (Phi) is 3.63. The van der Waals surface area contributed by atoms with Gasteiger partial charge in [-0.15, -0.1) is 0 Å². The quantitative estimate of drug-likeness (QED) is 0.490. The summed E-state index contributed by atoms with van der Waals surface area (Å²) in [7, 11) is 0. The highest BCUT2D eigenvalue weighted by Gasteiger charge is 2.67. The first-order valence-electron chi connectivity index (χ1n) is 9.26. The van der Waals surface area contributed by atoms with Crippen molar-refractivity contribution in [3.63, 3.8) is 0 Å². The van der Waals surface area contributed by atoms with Gasteiger partial charge in [0.25, 0.3) is 11.8 Å². The molecule has 4 aliphatic carbocycles. The third-order valence-electron chi connectivity index (χ3n) is 6.31. The number of ether oxygens (including phenoxy) is 1. The molecule has 1 aromatic carbocycles. The van der Waals surface area contributed by atoms with Crippen molar-refractivity contribution < 1.29 is 19.4 Å². The molecule has 1 saturated heterocycles. The van der Waals surface area contributed by atoms with Crippen LogP contribution in [0.2, 0.25) is 5.02 Å². The van der Waals surface area contributed by atoms with Crippen molar-refractivity contribution in [3.05, 3.63) is 34.9 Å². The Morgan fingerprint density at radius 3 is 2.44 bits per heavy atom. The Balaban J connectivity index is 1.42. The van der Waals surface area contributed by atoms with Gasteiger partial charge in [-0.1, -0.05) is 23.8 Å². The predicted octanol–water partition coefficient (Wildman–Crippen LogP) is 2.83. The Hall–Kier alpha value is -2.34. The van der Waals surface area contributed by atoms with Gasteiger partial charge in [0.1, 0.15) is 0 Å². The summed E-state index contributed by atoms with van der Waals surface area (Å²) >= 11 is 6.03. The molecule has 1 N–H and O–H groups in total. The van der Waals surface area contributed by atoms with E-state index in [0.717, 1.165) is 11.4 Å². The lowest BCUT2D eigenvalue weighted by molar-refractivity contribution is -0.140. The second kappa shape index (κ2) is 5.83. The SMILES string of the molecule is CCOc1cc(/C=N\N2C(=O)[C@@H]3[C@@H]4C=C[C@H]([C@@H]5C[C@H]45)[C@@H]3C2=O)cc(Cl)c1O. The molecule has 0 unspecified atom stereocenters. The van der Waals surface area contributed by atoms with E-state index in [0.29, 0.717) is 24.0 Å². The smallest absolute Gasteiger partial charge is 0.254 e. The molecule has 0 aromatic heterocycles. The Morgan fingerprint density at radius 1 is 1.22 bits per heavy atom. The van der Waals surface area contributed by atoms with Crippen molar-refractivity contribution in [2.75, 3.05) is 6.61 Å². The lowest BCUT2D eigenvalue weighted by Gasteiger charge is -2.37. The number of hydrogen-bond acceptors (Lipinski definition) is 5. The van der Waals surface area contributed by atoms with E-state index in [1.54, 1.807) is 13.0 Å². The molecule has 1 aliphatic heterocycles. The molecule has 3 fully saturated rings. The van der Waals surface area contributed by atoms with Crippen molar-refractivity contribution in [2.45, 2.75) is 13.3 Å². The normalized spacial score (nSPS) is 35.7. The number of rotatable bonds is 4. The van der Waals surface area contributed by atoms with Crippen molar-refractivity contribution in [2.24, 2.45) is 40.6 Å². The zero-order chi connectivity index (χ0) is 18.9. The van der Waals surface area contributed by atoms with Gasteiger partial charge in [-0.3, -0.25) is 9.59 Å². The van der Waals surface area contributed by atoms with E-state index in [9.17, 15) is 14.7 Å². The van der Waals surface area contributed by atoms with Crippen LogP contribution in [0.15, 0.2) is 29.4 Å². The highest BCUT2D eigenvalue weighted by atomic mass is 35.5. The monoisotopic (exact) mass is 386 g/mol. The standard InChI is InChI=1S/C20H19ClN2O4/c1-2-27-15-6-9(5-14(21)18(15)24)8-22-23-19(25)16-10-3-4-11(13-7-12(10)13)17(16)20(23)26/h3-6,8,10-13,16-17,24H,2,7H2,1H3/b22-8-/t10-,11-,12-,13+,16-,17+/m1/s1. The van der Waals surface area contributed by atoms with Crippen LogP contribution in [0.25, 0.3) is 0 Å². The molecule has 0 radical (unpaired) electrons. The topological polar surface area (TPSA) is 79.2 Å². The van der Waals surface area contributed by atoms with Gasteiger partial charge >= 0.3 is 0 Å². The van der Waals surface area contributed by atoms with Crippen LogP contribution < -0.4 is 4.74 Å². The Bertz CT molecular complexity index is 875. The zero-order valence-electron chi connectivity index (χ0n) is 14.7. The van der Waals surface area contributed by atoms with E-state index < -0.39 is 0 Å². The fraction of sp³-hybridized carbons (Fsp3) is 0.450. The van der Waals surface area contributed by atoms with Crippen LogP contribution in [0.1, 0.15) is 18.9 Å². The van der Waals surface area contributed by atoms with Crippen LogP contribution in [0, 0.1) is 35.5 Å². The highest BCUT2D eigenvalue weighted by Crippen LogP contribution is 2.65. The van der Waals surface area contributed by atoms with Gasteiger partial charge < -0.3 is 9.84 Å². The number of amides is 2. The summed E-state index contributed by atoms with van der Waals surface area (Å²) in [5, 5.41) is 15.2.